The van der Waals surface area contributed by atoms with Crippen molar-refractivity contribution < 1.29 is 8.42 Å². The minimum atomic E-state index is -3.38. The summed E-state index contributed by atoms with van der Waals surface area (Å²) in [4.78, 5) is 4.04. The lowest BCUT2D eigenvalue weighted by Gasteiger charge is -2.20. The number of pyridine rings is 1. The molecule has 0 spiro atoms. The lowest BCUT2D eigenvalue weighted by molar-refractivity contribution is 0.591. The highest BCUT2D eigenvalue weighted by atomic mass is 32.2. The highest BCUT2D eigenvalue weighted by molar-refractivity contribution is 7.92. The molecule has 0 bridgehead atoms. The summed E-state index contributed by atoms with van der Waals surface area (Å²) in [6, 6.07) is 19.2. The summed E-state index contributed by atoms with van der Waals surface area (Å²) in [7, 11) is -3.38. The molecule has 3 aromatic rings. The second-order valence-electron chi connectivity index (χ2n) is 6.14. The summed E-state index contributed by atoms with van der Waals surface area (Å²) >= 11 is 0. The molecule has 0 unspecified atom stereocenters. The van der Waals surface area contributed by atoms with E-state index in [0.29, 0.717) is 6.54 Å². The molecule has 5 heteroatoms. The molecule has 1 aromatic heterocycles. The first-order valence-corrected chi connectivity index (χ1v) is 9.82. The van der Waals surface area contributed by atoms with Gasteiger partial charge in [0.2, 0.25) is 10.0 Å². The van der Waals surface area contributed by atoms with E-state index in [1.54, 1.807) is 16.7 Å². The molecule has 2 heterocycles. The topological polar surface area (TPSA) is 50.3 Å². The van der Waals surface area contributed by atoms with E-state index in [1.807, 2.05) is 54.6 Å². The van der Waals surface area contributed by atoms with Crippen molar-refractivity contribution in [1.29, 1.82) is 0 Å². The first-order valence-electron chi connectivity index (χ1n) is 8.21. The van der Waals surface area contributed by atoms with Crippen LogP contribution in [0.3, 0.4) is 0 Å². The number of benzene rings is 2. The molecular formula is C20H18N2O2S. The Morgan fingerprint density at radius 1 is 0.920 bits per heavy atom. The van der Waals surface area contributed by atoms with Gasteiger partial charge in [0.15, 0.2) is 0 Å². The number of hydrogen-bond donors (Lipinski definition) is 0. The highest BCUT2D eigenvalue weighted by Crippen LogP contribution is 2.34. The van der Waals surface area contributed by atoms with Crippen LogP contribution in [0.2, 0.25) is 0 Å². The van der Waals surface area contributed by atoms with E-state index in [0.717, 1.165) is 34.4 Å². The van der Waals surface area contributed by atoms with Crippen LogP contribution < -0.4 is 4.31 Å². The maximum Gasteiger partial charge on any atom is 0.239 e. The van der Waals surface area contributed by atoms with Crippen molar-refractivity contribution in [3.63, 3.8) is 0 Å². The smallest absolute Gasteiger partial charge is 0.239 e. The third-order valence-electron chi connectivity index (χ3n) is 4.47. The van der Waals surface area contributed by atoms with Gasteiger partial charge in [0.05, 0.1) is 11.4 Å². The maximum atomic E-state index is 12.8. The molecule has 25 heavy (non-hydrogen) atoms. The van der Waals surface area contributed by atoms with Crippen molar-refractivity contribution in [1.82, 2.24) is 4.98 Å². The third-order valence-corrected chi connectivity index (χ3v) is 6.22. The van der Waals surface area contributed by atoms with Crippen LogP contribution >= 0.6 is 0 Å². The largest absolute Gasteiger partial charge is 0.269 e. The Hall–Kier alpha value is -2.66. The average molecular weight is 350 g/mol. The van der Waals surface area contributed by atoms with Crippen LogP contribution in [0, 0.1) is 0 Å². The number of nitrogens with zero attached hydrogens (tertiary/aromatic N) is 2. The van der Waals surface area contributed by atoms with E-state index < -0.39 is 10.0 Å². The van der Waals surface area contributed by atoms with Gasteiger partial charge in [0.1, 0.15) is 0 Å². The molecule has 0 saturated heterocycles. The van der Waals surface area contributed by atoms with E-state index in [1.165, 1.54) is 0 Å². The zero-order chi connectivity index (χ0) is 17.3. The minimum absolute atomic E-state index is 0.0272. The van der Waals surface area contributed by atoms with Gasteiger partial charge >= 0.3 is 0 Å². The Morgan fingerprint density at radius 3 is 2.44 bits per heavy atom. The third kappa shape index (κ3) is 3.15. The highest BCUT2D eigenvalue weighted by Gasteiger charge is 2.29. The van der Waals surface area contributed by atoms with Gasteiger partial charge in [-0.05, 0) is 52.9 Å². The summed E-state index contributed by atoms with van der Waals surface area (Å²) < 4.78 is 27.2. The summed E-state index contributed by atoms with van der Waals surface area (Å²) in [6.07, 6.45) is 4.26. The maximum absolute atomic E-state index is 12.8. The lowest BCUT2D eigenvalue weighted by Crippen LogP contribution is -2.30. The molecule has 0 radical (unpaired) electrons. The molecule has 4 rings (SSSR count). The van der Waals surface area contributed by atoms with Crippen molar-refractivity contribution in [2.24, 2.45) is 0 Å². The molecule has 0 amide bonds. The molecule has 2 aromatic carbocycles. The van der Waals surface area contributed by atoms with Crippen molar-refractivity contribution in [3.8, 4) is 11.1 Å². The first kappa shape index (κ1) is 15.8. The molecule has 126 valence electrons. The van der Waals surface area contributed by atoms with Gasteiger partial charge in [-0.2, -0.15) is 0 Å². The zero-order valence-electron chi connectivity index (χ0n) is 13.7. The fraction of sp³-hybridized carbons (Fsp3) is 0.150. The average Bonchev–Trinajstić information content (AvgIpc) is 3.07. The number of anilines is 1. The van der Waals surface area contributed by atoms with Crippen LogP contribution in [0.5, 0.6) is 0 Å². The molecule has 0 fully saturated rings. The molecule has 0 saturated carbocycles. The van der Waals surface area contributed by atoms with Crippen LogP contribution in [-0.4, -0.2) is 19.9 Å². The van der Waals surface area contributed by atoms with Gasteiger partial charge in [-0.25, -0.2) is 8.42 Å². The predicted octanol–water partition coefficient (Wildman–Crippen LogP) is 3.64. The van der Waals surface area contributed by atoms with Crippen LogP contribution in [0.1, 0.15) is 11.1 Å². The summed E-state index contributed by atoms with van der Waals surface area (Å²) in [5, 5.41) is 0. The summed E-state index contributed by atoms with van der Waals surface area (Å²) in [5.41, 5.74) is 4.86. The first-order chi connectivity index (χ1) is 12.1. The summed E-state index contributed by atoms with van der Waals surface area (Å²) in [5.74, 6) is 0.0272. The molecule has 0 atom stereocenters. The van der Waals surface area contributed by atoms with Crippen LogP contribution in [-0.2, 0) is 22.2 Å². The fourth-order valence-electron chi connectivity index (χ4n) is 3.25. The fourth-order valence-corrected chi connectivity index (χ4v) is 4.86. The standard InChI is InChI=1S/C20H18N2O2S/c23-25(24,15-16-4-2-1-3-5-16)22-13-10-19-14-18(6-7-20(19)22)17-8-11-21-12-9-17/h1-9,11-12,14H,10,13,15H2. The van der Waals surface area contributed by atoms with Crippen molar-refractivity contribution in [2.45, 2.75) is 12.2 Å². The quantitative estimate of drug-likeness (QED) is 0.722. The second kappa shape index (κ2) is 6.33. The van der Waals surface area contributed by atoms with Crippen molar-refractivity contribution in [2.75, 3.05) is 10.8 Å². The van der Waals surface area contributed by atoms with Crippen LogP contribution in [0.4, 0.5) is 5.69 Å². The van der Waals surface area contributed by atoms with E-state index in [9.17, 15) is 8.42 Å². The van der Waals surface area contributed by atoms with Gasteiger partial charge in [0.25, 0.3) is 0 Å². The van der Waals surface area contributed by atoms with Gasteiger partial charge in [0, 0.05) is 18.9 Å². The second-order valence-corrected chi connectivity index (χ2v) is 8.04. The van der Waals surface area contributed by atoms with E-state index in [2.05, 4.69) is 11.1 Å². The van der Waals surface area contributed by atoms with Crippen molar-refractivity contribution >= 4 is 15.7 Å². The van der Waals surface area contributed by atoms with E-state index >= 15 is 0 Å². The number of hydrogen-bond acceptors (Lipinski definition) is 3. The SMILES string of the molecule is O=S(=O)(Cc1ccccc1)N1CCc2cc(-c3ccncc3)ccc21. The molecule has 1 aliphatic heterocycles. The normalized spacial score (nSPS) is 13.7. The molecular weight excluding hydrogens is 332 g/mol. The monoisotopic (exact) mass is 350 g/mol. The lowest BCUT2D eigenvalue weighted by atomic mass is 10.0. The number of fused-ring (bicyclic) bond motifs is 1. The summed E-state index contributed by atoms with van der Waals surface area (Å²) in [6.45, 7) is 0.504. The Balaban J connectivity index is 1.64. The van der Waals surface area contributed by atoms with Gasteiger partial charge < -0.3 is 0 Å². The predicted molar refractivity (Wildman–Crippen MR) is 99.8 cm³/mol. The molecule has 0 N–H and O–H groups in total. The molecule has 1 aliphatic rings. The van der Waals surface area contributed by atoms with Crippen LogP contribution in [0.25, 0.3) is 11.1 Å². The van der Waals surface area contributed by atoms with E-state index in [4.69, 9.17) is 0 Å². The van der Waals surface area contributed by atoms with Gasteiger partial charge in [-0.15, -0.1) is 0 Å². The Kier molecular flexibility index (Phi) is 4.01. The Morgan fingerprint density at radius 2 is 1.68 bits per heavy atom. The Labute approximate surface area is 147 Å². The number of aromatic nitrogens is 1. The minimum Gasteiger partial charge on any atom is -0.269 e. The van der Waals surface area contributed by atoms with Gasteiger partial charge in [-0.3, -0.25) is 9.29 Å². The zero-order valence-corrected chi connectivity index (χ0v) is 14.5. The number of sulfonamides is 1. The number of rotatable bonds is 4. The Bertz CT molecular complexity index is 987. The van der Waals surface area contributed by atoms with E-state index in [-0.39, 0.29) is 5.75 Å². The van der Waals surface area contributed by atoms with Crippen molar-refractivity contribution in [3.05, 3.63) is 84.2 Å². The molecule has 0 aliphatic carbocycles. The van der Waals surface area contributed by atoms with Crippen LogP contribution in [0.15, 0.2) is 73.1 Å². The van der Waals surface area contributed by atoms with Gasteiger partial charge in [-0.1, -0.05) is 36.4 Å². The molecule has 4 nitrogen and oxygen atoms in total.